The molecular formula is C57H96O6. The molecule has 0 aromatic carbocycles. The Hall–Kier alpha value is -3.41. The van der Waals surface area contributed by atoms with Gasteiger partial charge in [-0.05, 0) is 83.5 Å². The lowest BCUT2D eigenvalue weighted by Crippen LogP contribution is -2.30. The molecular weight excluding hydrogens is 781 g/mol. The largest absolute Gasteiger partial charge is 0.462 e. The first-order valence-corrected chi connectivity index (χ1v) is 26.1. The van der Waals surface area contributed by atoms with Crippen molar-refractivity contribution >= 4 is 17.9 Å². The van der Waals surface area contributed by atoms with Crippen molar-refractivity contribution in [3.05, 3.63) is 85.1 Å². The van der Waals surface area contributed by atoms with Crippen molar-refractivity contribution in [3.63, 3.8) is 0 Å². The fraction of sp³-hybridized carbons (Fsp3) is 0.702. The minimum absolute atomic E-state index is 0.102. The maximum absolute atomic E-state index is 12.8. The van der Waals surface area contributed by atoms with Crippen molar-refractivity contribution in [2.24, 2.45) is 0 Å². The van der Waals surface area contributed by atoms with E-state index in [9.17, 15) is 14.4 Å². The molecule has 360 valence electrons. The van der Waals surface area contributed by atoms with Gasteiger partial charge in [-0.15, -0.1) is 0 Å². The molecule has 0 rings (SSSR count). The van der Waals surface area contributed by atoms with Gasteiger partial charge in [0.2, 0.25) is 0 Å². The molecule has 6 heteroatoms. The number of carbonyl (C=O) groups is 3. The third kappa shape index (κ3) is 49.5. The molecule has 0 aliphatic heterocycles. The Balaban J connectivity index is 4.48. The number of carbonyl (C=O) groups excluding carboxylic acids is 3. The molecule has 0 fully saturated rings. The summed E-state index contributed by atoms with van der Waals surface area (Å²) in [5.41, 5.74) is 0. The standard InChI is InChI=1S/C57H96O6/c1-4-7-10-13-16-19-22-24-26-28-29-30-32-33-35-38-41-44-47-50-56(59)62-53-54(52-61-55(58)49-46-43-40-37-21-18-15-12-9-6-3)63-57(60)51-48-45-42-39-36-34-31-27-25-23-20-17-14-11-8-5-2/h7,10,16,19,24,26-27,29-31,33,35,41,44,54H,4-6,8-9,11-15,17-18,20-23,25,28,32,34,36-40,42-43,45-53H2,1-3H3/b10-7-,19-16-,26-24-,30-29-,31-27-,35-33-,44-41-. The van der Waals surface area contributed by atoms with E-state index in [-0.39, 0.29) is 37.5 Å². The lowest BCUT2D eigenvalue weighted by Gasteiger charge is -2.18. The van der Waals surface area contributed by atoms with Crippen molar-refractivity contribution in [2.75, 3.05) is 13.2 Å². The Kier molecular flexibility index (Phi) is 48.5. The molecule has 63 heavy (non-hydrogen) atoms. The van der Waals surface area contributed by atoms with Crippen LogP contribution in [0.3, 0.4) is 0 Å². The van der Waals surface area contributed by atoms with Crippen molar-refractivity contribution < 1.29 is 28.6 Å². The molecule has 0 bridgehead atoms. The zero-order chi connectivity index (χ0) is 45.8. The molecule has 0 saturated carbocycles. The number of hydrogen-bond acceptors (Lipinski definition) is 6. The number of allylic oxidation sites excluding steroid dienone is 14. The molecule has 0 aromatic rings. The van der Waals surface area contributed by atoms with E-state index in [0.29, 0.717) is 19.3 Å². The highest BCUT2D eigenvalue weighted by Crippen LogP contribution is 2.14. The minimum atomic E-state index is -0.808. The van der Waals surface area contributed by atoms with Crippen molar-refractivity contribution in [1.29, 1.82) is 0 Å². The summed E-state index contributed by atoms with van der Waals surface area (Å²) in [5, 5.41) is 0. The van der Waals surface area contributed by atoms with Gasteiger partial charge in [0.1, 0.15) is 13.2 Å². The van der Waals surface area contributed by atoms with Crippen molar-refractivity contribution in [2.45, 2.75) is 245 Å². The summed E-state index contributed by atoms with van der Waals surface area (Å²) in [5.74, 6) is -1.000. The third-order valence-corrected chi connectivity index (χ3v) is 10.9. The highest BCUT2D eigenvalue weighted by atomic mass is 16.6. The van der Waals surface area contributed by atoms with Gasteiger partial charge >= 0.3 is 17.9 Å². The zero-order valence-corrected chi connectivity index (χ0v) is 41.1. The number of unbranched alkanes of at least 4 members (excludes halogenated alkanes) is 21. The van der Waals surface area contributed by atoms with E-state index in [1.165, 1.54) is 103 Å². The average Bonchev–Trinajstić information content (AvgIpc) is 3.28. The molecule has 0 N–H and O–H groups in total. The summed E-state index contributed by atoms with van der Waals surface area (Å²) in [6, 6.07) is 0. The van der Waals surface area contributed by atoms with Crippen LogP contribution >= 0.6 is 0 Å². The molecule has 6 nitrogen and oxygen atoms in total. The second kappa shape index (κ2) is 51.2. The van der Waals surface area contributed by atoms with Gasteiger partial charge in [0.05, 0.1) is 0 Å². The highest BCUT2D eigenvalue weighted by molar-refractivity contribution is 5.71. The fourth-order valence-electron chi connectivity index (χ4n) is 6.99. The molecule has 0 heterocycles. The van der Waals surface area contributed by atoms with E-state index in [0.717, 1.165) is 89.9 Å². The SMILES string of the molecule is CC/C=C\C/C=C\C/C=C\C/C=C\C/C=C\C/C=C\CCC(=O)OCC(COC(=O)CCCCCCCCCCCC)OC(=O)CCCCCCC/C=C\CCCCCCCCC. The number of hydrogen-bond donors (Lipinski definition) is 0. The van der Waals surface area contributed by atoms with Crippen LogP contribution in [-0.4, -0.2) is 37.2 Å². The van der Waals surface area contributed by atoms with Crippen LogP contribution in [0, 0.1) is 0 Å². The van der Waals surface area contributed by atoms with Gasteiger partial charge in [0.15, 0.2) is 6.10 Å². The van der Waals surface area contributed by atoms with Gasteiger partial charge in [-0.25, -0.2) is 0 Å². The van der Waals surface area contributed by atoms with Crippen LogP contribution < -0.4 is 0 Å². The van der Waals surface area contributed by atoms with Gasteiger partial charge in [-0.1, -0.05) is 221 Å². The summed E-state index contributed by atoms with van der Waals surface area (Å²) in [4.78, 5) is 37.9. The maximum atomic E-state index is 12.8. The molecule has 0 aliphatic carbocycles. The van der Waals surface area contributed by atoms with Gasteiger partial charge in [-0.2, -0.15) is 0 Å². The summed E-state index contributed by atoms with van der Waals surface area (Å²) in [7, 11) is 0. The fourth-order valence-corrected chi connectivity index (χ4v) is 6.99. The first-order chi connectivity index (χ1) is 31.0. The Morgan fingerprint density at radius 3 is 1.06 bits per heavy atom. The summed E-state index contributed by atoms with van der Waals surface area (Å²) >= 11 is 0. The zero-order valence-electron chi connectivity index (χ0n) is 41.1. The molecule has 0 saturated heterocycles. The minimum Gasteiger partial charge on any atom is -0.462 e. The van der Waals surface area contributed by atoms with E-state index >= 15 is 0 Å². The molecule has 1 unspecified atom stereocenters. The molecule has 1 atom stereocenters. The molecule has 0 aromatic heterocycles. The highest BCUT2D eigenvalue weighted by Gasteiger charge is 2.19. The molecule has 0 radical (unpaired) electrons. The Bertz CT molecular complexity index is 1240. The molecule has 0 spiro atoms. The number of rotatable bonds is 46. The normalized spacial score (nSPS) is 12.7. The average molecular weight is 877 g/mol. The van der Waals surface area contributed by atoms with E-state index in [1.54, 1.807) is 0 Å². The maximum Gasteiger partial charge on any atom is 0.306 e. The van der Waals surface area contributed by atoms with Crippen LogP contribution in [0.1, 0.15) is 239 Å². The van der Waals surface area contributed by atoms with Crippen molar-refractivity contribution in [1.82, 2.24) is 0 Å². The Labute approximate surface area is 388 Å². The Morgan fingerprint density at radius 1 is 0.333 bits per heavy atom. The topological polar surface area (TPSA) is 78.9 Å². The van der Waals surface area contributed by atoms with Crippen LogP contribution in [0.25, 0.3) is 0 Å². The second-order valence-electron chi connectivity index (χ2n) is 17.1. The first-order valence-electron chi connectivity index (χ1n) is 26.1. The Morgan fingerprint density at radius 2 is 0.651 bits per heavy atom. The van der Waals surface area contributed by atoms with Gasteiger partial charge in [-0.3, -0.25) is 14.4 Å². The van der Waals surface area contributed by atoms with Crippen LogP contribution in [0.5, 0.6) is 0 Å². The number of esters is 3. The predicted octanol–water partition coefficient (Wildman–Crippen LogP) is 17.2. The summed E-state index contributed by atoms with van der Waals surface area (Å²) in [6.45, 7) is 6.43. The van der Waals surface area contributed by atoms with E-state index in [4.69, 9.17) is 14.2 Å². The summed E-state index contributed by atoms with van der Waals surface area (Å²) in [6.07, 6.45) is 65.8. The van der Waals surface area contributed by atoms with Crippen molar-refractivity contribution in [3.8, 4) is 0 Å². The van der Waals surface area contributed by atoms with Crippen LogP contribution in [0.15, 0.2) is 85.1 Å². The van der Waals surface area contributed by atoms with Gasteiger partial charge < -0.3 is 14.2 Å². The predicted molar refractivity (Wildman–Crippen MR) is 270 cm³/mol. The van der Waals surface area contributed by atoms with Gasteiger partial charge in [0, 0.05) is 19.3 Å². The first kappa shape index (κ1) is 59.6. The molecule has 0 amide bonds. The third-order valence-electron chi connectivity index (χ3n) is 10.9. The van der Waals surface area contributed by atoms with E-state index in [1.807, 2.05) is 6.08 Å². The second-order valence-corrected chi connectivity index (χ2v) is 17.1. The van der Waals surface area contributed by atoms with Crippen LogP contribution in [-0.2, 0) is 28.6 Å². The molecule has 0 aliphatic rings. The van der Waals surface area contributed by atoms with Gasteiger partial charge in [0.25, 0.3) is 0 Å². The quantitative estimate of drug-likeness (QED) is 0.0262. The smallest absolute Gasteiger partial charge is 0.306 e. The monoisotopic (exact) mass is 877 g/mol. The lowest BCUT2D eigenvalue weighted by atomic mass is 10.1. The van der Waals surface area contributed by atoms with Crippen LogP contribution in [0.4, 0.5) is 0 Å². The van der Waals surface area contributed by atoms with E-state index < -0.39 is 6.10 Å². The summed E-state index contributed by atoms with van der Waals surface area (Å²) < 4.78 is 16.7. The lowest BCUT2D eigenvalue weighted by molar-refractivity contribution is -0.166. The van der Waals surface area contributed by atoms with E-state index in [2.05, 4.69) is 99.8 Å². The number of ether oxygens (including phenoxy) is 3. The van der Waals surface area contributed by atoms with Crippen LogP contribution in [0.2, 0.25) is 0 Å².